The molecular formula is C131H106N11O6S+5. The molecule has 0 radical (unpaired) electrons. The zero-order valence-corrected chi connectivity index (χ0v) is 86.0. The summed E-state index contributed by atoms with van der Waals surface area (Å²) in [5.41, 5.74) is 30.2. The van der Waals surface area contributed by atoms with Gasteiger partial charge in [0.05, 0.1) is 42.0 Å². The minimum Gasteiger partial charge on any atom is -0.454 e. The molecule has 0 fully saturated rings. The summed E-state index contributed by atoms with van der Waals surface area (Å²) in [6, 6.07) is 108. The zero-order chi connectivity index (χ0) is 101. The molecule has 1 aliphatic heterocycles. The van der Waals surface area contributed by atoms with Crippen molar-refractivity contribution in [2.45, 2.75) is 54.6 Å². The maximum atomic E-state index is 6.48. The van der Waals surface area contributed by atoms with Crippen LogP contribution in [0.4, 0.5) is 5.69 Å². The Hall–Kier alpha value is -18.3. The molecule has 18 heteroatoms. The van der Waals surface area contributed by atoms with E-state index in [0.717, 1.165) is 189 Å². The quantitative estimate of drug-likeness (QED) is 0.146. The highest BCUT2D eigenvalue weighted by Crippen LogP contribution is 2.48. The molecule has 15 heterocycles. The van der Waals surface area contributed by atoms with Gasteiger partial charge in [-0.3, -0.25) is 15.0 Å². The van der Waals surface area contributed by atoms with Crippen LogP contribution in [0.1, 0.15) is 40.4 Å². The lowest BCUT2D eigenvalue weighted by Crippen LogP contribution is -2.33. The normalized spacial score (nSPS) is 12.6. The van der Waals surface area contributed by atoms with Crippen molar-refractivity contribution in [3.8, 4) is 55.7 Å². The highest BCUT2D eigenvalue weighted by atomic mass is 32.1. The van der Waals surface area contributed by atoms with Gasteiger partial charge in [0.25, 0.3) is 10.8 Å². The van der Waals surface area contributed by atoms with Gasteiger partial charge in [0.15, 0.2) is 58.3 Å². The standard InChI is InChI=1S/C22H19N2O.C22H20N2O.3C22H17N2O.C21H16NOS/c1-14-8-10-18-17-11-9-15-6-4-5-7-16(15)20(17)25-21(18)19(14)22-23(2)12-13-24(22)3;1-14-8-10-19-18-11-9-16-6-4-5-7-17(16)21(18)25-22(19)20(14)24-13-12-23(3)15(24)2;1-14-8-10-16-17-11-9-15-6-5-12-23-20(15)22(17)25-21(16)19(14)18-7-3-4-13-24(18)2;1-14-20(19-9-5-6-12-24(19)2)22-18(13-23-14)17-11-10-15-7-3-4-8-16(15)21(17)25-22;1-14-13-23-20-17-11-10-15-7-3-4-8-16(15)21(17)25-22(20)19(14)18-9-5-6-12-24(18)2;1-13-7-9-17-16-10-8-14-5-3-4-6-15(14)19(16)23-20(17)18(13)21-22(2)11-12-24-21/h4-13H,1-3H3;4-13,15H,1-3H3;3*3-13H,1-2H3;3-12H,1-2H3/q+1;;4*+1/t;15-;;;;/m.0..../s1. The predicted octanol–water partition coefficient (Wildman–Crippen LogP) is 30.9. The number of imidazole rings is 1. The number of hydrogen-bond acceptors (Lipinski definition) is 12. The van der Waals surface area contributed by atoms with Gasteiger partial charge in [-0.05, 0) is 164 Å². The summed E-state index contributed by atoms with van der Waals surface area (Å²) in [5, 5.41) is 28.7. The first kappa shape index (κ1) is 91.9. The molecule has 0 amide bonds. The molecule has 0 spiro atoms. The first-order valence-corrected chi connectivity index (χ1v) is 51.2. The van der Waals surface area contributed by atoms with Crippen LogP contribution in [0.2, 0.25) is 0 Å². The molecule has 0 aliphatic carbocycles. The minimum absolute atomic E-state index is 0.272. The van der Waals surface area contributed by atoms with Gasteiger partial charge in [0.1, 0.15) is 108 Å². The number of pyridine rings is 6. The molecule has 0 saturated heterocycles. The summed E-state index contributed by atoms with van der Waals surface area (Å²) in [7, 11) is 14.5. The van der Waals surface area contributed by atoms with Crippen molar-refractivity contribution in [3.05, 3.63) is 416 Å². The van der Waals surface area contributed by atoms with E-state index in [2.05, 4.69) is 458 Å². The Balaban J connectivity index is 0.0000000927. The largest absolute Gasteiger partial charge is 0.454 e. The summed E-state index contributed by atoms with van der Waals surface area (Å²) < 4.78 is 51.5. The second-order valence-corrected chi connectivity index (χ2v) is 40.1. The van der Waals surface area contributed by atoms with Crippen LogP contribution in [0.25, 0.3) is 252 Å². The smallest absolute Gasteiger partial charge is 0.292 e. The van der Waals surface area contributed by atoms with E-state index in [4.69, 9.17) is 26.5 Å². The van der Waals surface area contributed by atoms with Gasteiger partial charge in [-0.25, -0.2) is 22.8 Å². The van der Waals surface area contributed by atoms with Gasteiger partial charge in [-0.1, -0.05) is 224 Å². The fraction of sp³-hybridized carbons (Fsp3) is 0.115. The second kappa shape index (κ2) is 37.1. The van der Waals surface area contributed by atoms with Crippen LogP contribution >= 0.6 is 11.3 Å². The molecule has 1 aliphatic rings. The minimum atomic E-state index is 0.272. The molecule has 149 heavy (non-hydrogen) atoms. The van der Waals surface area contributed by atoms with Crippen LogP contribution < -0.4 is 27.7 Å². The van der Waals surface area contributed by atoms with Gasteiger partial charge in [-0.15, -0.1) is 0 Å². The van der Waals surface area contributed by atoms with Crippen molar-refractivity contribution >= 4 is 214 Å². The highest BCUT2D eigenvalue weighted by molar-refractivity contribution is 7.12. The Bertz CT molecular complexity index is 10000. The Morgan fingerprint density at radius 2 is 0.644 bits per heavy atom. The lowest BCUT2D eigenvalue weighted by Gasteiger charge is -2.28. The van der Waals surface area contributed by atoms with E-state index < -0.39 is 0 Å². The SMILES string of the molecule is Cc1ccc2c(oc3c2ccc2cccnc23)c1-c1cccc[n+]1C.Cc1ccc2c(oc3c4ccccc4ccc23)c1-c1n(C)cc[n+]1C.Cc1ccc2c(oc3c4ccccc4ccc23)c1-c1scc[n+]1C.Cc1ccc2c(oc3c4ccccc4ccc23)c1N1C=CN(C)[C@@H]1C.Cc1cnc2c(oc3c4ccccc4ccc23)c1-c1cccc[n+]1C.Cc1ncc2c(oc3c4ccccc4ccc23)c1-c1cccc[n+]1C. The average molecular weight is 1960 g/mol. The lowest BCUT2D eigenvalue weighted by atomic mass is 10.0. The number of fused-ring (bicyclic) bond motifs is 30. The van der Waals surface area contributed by atoms with Gasteiger partial charge in [0.2, 0.25) is 17.1 Å². The Morgan fingerprint density at radius 3 is 1.12 bits per heavy atom. The van der Waals surface area contributed by atoms with E-state index in [9.17, 15) is 0 Å². The molecule has 1 atom stereocenters. The number of aromatic nitrogens is 9. The Labute approximate surface area is 862 Å². The molecule has 30 rings (SSSR count). The monoisotopic (exact) mass is 1960 g/mol. The fourth-order valence-electron chi connectivity index (χ4n) is 22.1. The number of thiazole rings is 1. The molecule has 722 valence electrons. The Kier molecular flexibility index (Phi) is 22.9. The van der Waals surface area contributed by atoms with Crippen molar-refractivity contribution in [2.75, 3.05) is 11.9 Å². The molecule has 17 nitrogen and oxygen atoms in total. The number of rotatable bonds is 6. The molecule has 14 aromatic heterocycles. The molecule has 29 aromatic rings. The topological polar surface area (TPSA) is 148 Å². The van der Waals surface area contributed by atoms with E-state index in [-0.39, 0.29) is 6.17 Å². The van der Waals surface area contributed by atoms with E-state index >= 15 is 0 Å². The Morgan fingerprint density at radius 1 is 0.268 bits per heavy atom. The van der Waals surface area contributed by atoms with E-state index in [1.54, 1.807) is 11.3 Å². The van der Waals surface area contributed by atoms with Gasteiger partial charge in [-0.2, -0.15) is 4.57 Å². The van der Waals surface area contributed by atoms with Crippen molar-refractivity contribution in [2.24, 2.45) is 42.3 Å². The van der Waals surface area contributed by atoms with E-state index in [1.807, 2.05) is 75.2 Å². The summed E-state index contributed by atoms with van der Waals surface area (Å²) in [5.74, 6) is 1.14. The van der Waals surface area contributed by atoms with Crippen molar-refractivity contribution in [1.82, 2.24) is 24.4 Å². The van der Waals surface area contributed by atoms with Crippen molar-refractivity contribution in [1.29, 1.82) is 0 Å². The maximum Gasteiger partial charge on any atom is 0.292 e. The van der Waals surface area contributed by atoms with Crippen LogP contribution in [0.5, 0.6) is 0 Å². The second-order valence-electron chi connectivity index (χ2n) is 39.2. The number of aryl methyl sites for hydroxylation is 12. The molecule has 0 unspecified atom stereocenters. The first-order valence-electron chi connectivity index (χ1n) is 50.3. The fourth-order valence-corrected chi connectivity index (χ4v) is 23.1. The zero-order valence-electron chi connectivity index (χ0n) is 85.2. The van der Waals surface area contributed by atoms with Gasteiger partial charge < -0.3 is 36.3 Å². The van der Waals surface area contributed by atoms with Crippen LogP contribution in [-0.4, -0.2) is 37.6 Å². The van der Waals surface area contributed by atoms with Crippen LogP contribution in [0.15, 0.2) is 409 Å². The summed E-state index contributed by atoms with van der Waals surface area (Å²) in [6.45, 7) is 14.9. The molecule has 0 saturated carbocycles. The molecule has 0 bridgehead atoms. The van der Waals surface area contributed by atoms with E-state index in [1.165, 1.54) is 103 Å². The van der Waals surface area contributed by atoms with Crippen LogP contribution in [0.3, 0.4) is 0 Å². The van der Waals surface area contributed by atoms with Crippen molar-refractivity contribution < 1.29 is 49.3 Å². The first-order chi connectivity index (χ1) is 72.7. The van der Waals surface area contributed by atoms with E-state index in [0.29, 0.717) is 0 Å². The van der Waals surface area contributed by atoms with Gasteiger partial charge in [0, 0.05) is 166 Å². The number of benzene rings is 15. The molecular weight excluding hydrogens is 1860 g/mol. The van der Waals surface area contributed by atoms with Crippen LogP contribution in [0, 0.1) is 41.5 Å². The lowest BCUT2D eigenvalue weighted by molar-refractivity contribution is -0.660. The third kappa shape index (κ3) is 15.6. The summed E-state index contributed by atoms with van der Waals surface area (Å²) >= 11 is 1.75. The third-order valence-electron chi connectivity index (χ3n) is 30.0. The molecule has 15 aromatic carbocycles. The highest BCUT2D eigenvalue weighted by Gasteiger charge is 2.32. The van der Waals surface area contributed by atoms with Crippen LogP contribution in [-0.2, 0) is 42.3 Å². The van der Waals surface area contributed by atoms with Crippen molar-refractivity contribution in [3.63, 3.8) is 0 Å². The maximum absolute atomic E-state index is 6.48. The molecule has 0 N–H and O–H groups in total. The average Bonchev–Trinajstić information content (AvgIpc) is 1.60. The number of hydrogen-bond donors (Lipinski definition) is 0. The number of anilines is 1. The number of nitrogens with zero attached hydrogens (tertiary/aromatic N) is 11. The third-order valence-corrected chi connectivity index (χ3v) is 31.0. The summed E-state index contributed by atoms with van der Waals surface area (Å²) in [6.07, 6.45) is 22.6. The number of furan rings is 6. The van der Waals surface area contributed by atoms with Gasteiger partial charge >= 0.3 is 0 Å². The predicted molar refractivity (Wildman–Crippen MR) is 608 cm³/mol. The summed E-state index contributed by atoms with van der Waals surface area (Å²) in [4.78, 5) is 18.4.